The number of nitrogens with zero attached hydrogens (tertiary/aromatic N) is 2. The molecule has 6 nitrogen and oxygen atoms in total. The topological polar surface area (TPSA) is 93.4 Å². The van der Waals surface area contributed by atoms with Gasteiger partial charge in [0.2, 0.25) is 10.0 Å². The quantitative estimate of drug-likeness (QED) is 0.876. The largest absolute Gasteiger partial charge is 0.338 e. The fraction of sp³-hybridized carbons (Fsp3) is 0.714. The number of piperidine rings is 1. The molecule has 2 heterocycles. The number of amides is 1. The lowest BCUT2D eigenvalue weighted by atomic mass is 10.00. The summed E-state index contributed by atoms with van der Waals surface area (Å²) in [6.07, 6.45) is 3.49. The summed E-state index contributed by atoms with van der Waals surface area (Å²) >= 11 is 1.45. The van der Waals surface area contributed by atoms with Crippen LogP contribution in [0.3, 0.4) is 0 Å². The minimum Gasteiger partial charge on any atom is -0.338 e. The van der Waals surface area contributed by atoms with Crippen molar-refractivity contribution in [1.29, 1.82) is 0 Å². The molecule has 1 aliphatic rings. The second-order valence-electron chi connectivity index (χ2n) is 5.86. The highest BCUT2D eigenvalue weighted by molar-refractivity contribution is 7.89. The van der Waals surface area contributed by atoms with Gasteiger partial charge in [0.15, 0.2) is 0 Å². The van der Waals surface area contributed by atoms with E-state index in [1.54, 1.807) is 4.90 Å². The third-order valence-electron chi connectivity index (χ3n) is 3.77. The Labute approximate surface area is 135 Å². The van der Waals surface area contributed by atoms with E-state index in [4.69, 9.17) is 5.14 Å². The number of hydrogen-bond donors (Lipinski definition) is 1. The molecule has 0 saturated carbocycles. The molecule has 8 heteroatoms. The van der Waals surface area contributed by atoms with Crippen LogP contribution in [0.4, 0.5) is 0 Å². The SMILES string of the molecule is CCCc1nc(C)c(C(=O)N2CCCC(CS(N)(=O)=O)C2)s1. The zero-order chi connectivity index (χ0) is 16.3. The smallest absolute Gasteiger partial charge is 0.265 e. The van der Waals surface area contributed by atoms with E-state index >= 15 is 0 Å². The van der Waals surface area contributed by atoms with Gasteiger partial charge in [0.25, 0.3) is 5.91 Å². The summed E-state index contributed by atoms with van der Waals surface area (Å²) in [6, 6.07) is 0. The first-order chi connectivity index (χ1) is 10.3. The van der Waals surface area contributed by atoms with Crippen LogP contribution in [-0.4, -0.2) is 43.1 Å². The van der Waals surface area contributed by atoms with Gasteiger partial charge in [-0.05, 0) is 38.5 Å². The van der Waals surface area contributed by atoms with Crippen molar-refractivity contribution in [2.75, 3.05) is 18.8 Å². The van der Waals surface area contributed by atoms with Gasteiger partial charge in [-0.1, -0.05) is 6.92 Å². The first kappa shape index (κ1) is 17.4. The molecule has 0 radical (unpaired) electrons. The fourth-order valence-corrected chi connectivity index (χ4v) is 4.89. The number of primary sulfonamides is 1. The Morgan fingerprint density at radius 1 is 1.50 bits per heavy atom. The van der Waals surface area contributed by atoms with Crippen LogP contribution in [0.15, 0.2) is 0 Å². The van der Waals surface area contributed by atoms with Gasteiger partial charge in [-0.15, -0.1) is 11.3 Å². The third kappa shape index (κ3) is 4.50. The standard InChI is InChI=1S/C14H23N3O3S2/c1-3-5-12-16-10(2)13(21-12)14(18)17-7-4-6-11(8-17)9-22(15,19)20/h11H,3-9H2,1-2H3,(H2,15,19,20). The minimum absolute atomic E-state index is 0.0310. The number of sulfonamides is 1. The normalized spacial score (nSPS) is 19.4. The van der Waals surface area contributed by atoms with Crippen LogP contribution in [0, 0.1) is 12.8 Å². The number of aromatic nitrogens is 1. The summed E-state index contributed by atoms with van der Waals surface area (Å²) in [6.45, 7) is 5.06. The first-order valence-corrected chi connectivity index (χ1v) is 10.1. The Morgan fingerprint density at radius 3 is 2.86 bits per heavy atom. The second kappa shape index (κ2) is 7.06. The lowest BCUT2D eigenvalue weighted by molar-refractivity contribution is 0.0688. The highest BCUT2D eigenvalue weighted by atomic mass is 32.2. The van der Waals surface area contributed by atoms with Crippen molar-refractivity contribution in [3.63, 3.8) is 0 Å². The van der Waals surface area contributed by atoms with Crippen molar-refractivity contribution in [2.24, 2.45) is 11.1 Å². The number of likely N-dealkylation sites (tertiary alicyclic amines) is 1. The van der Waals surface area contributed by atoms with Gasteiger partial charge in [0.05, 0.1) is 16.5 Å². The molecule has 1 aliphatic heterocycles. The van der Waals surface area contributed by atoms with E-state index in [1.807, 2.05) is 6.92 Å². The number of rotatable bonds is 5. The summed E-state index contributed by atoms with van der Waals surface area (Å²) in [5, 5.41) is 6.11. The molecular weight excluding hydrogens is 322 g/mol. The van der Waals surface area contributed by atoms with Crippen molar-refractivity contribution in [1.82, 2.24) is 9.88 Å². The lowest BCUT2D eigenvalue weighted by Crippen LogP contribution is -2.42. The summed E-state index contributed by atoms with van der Waals surface area (Å²) in [7, 11) is -3.50. The predicted octanol–water partition coefficient (Wildman–Crippen LogP) is 1.54. The summed E-state index contributed by atoms with van der Waals surface area (Å²) in [5.41, 5.74) is 0.770. The van der Waals surface area contributed by atoms with Gasteiger partial charge in [-0.3, -0.25) is 4.79 Å². The molecule has 0 aromatic carbocycles. The predicted molar refractivity (Wildman–Crippen MR) is 87.4 cm³/mol. The molecule has 0 bridgehead atoms. The van der Waals surface area contributed by atoms with Gasteiger partial charge in [0.1, 0.15) is 4.88 Å². The molecule has 1 atom stereocenters. The van der Waals surface area contributed by atoms with Gasteiger partial charge >= 0.3 is 0 Å². The highest BCUT2D eigenvalue weighted by Gasteiger charge is 2.28. The Kier molecular flexibility index (Phi) is 5.57. The van der Waals surface area contributed by atoms with Crippen molar-refractivity contribution in [2.45, 2.75) is 39.5 Å². The number of carbonyl (C=O) groups is 1. The molecule has 0 aliphatic carbocycles. The van der Waals surface area contributed by atoms with E-state index < -0.39 is 10.0 Å². The van der Waals surface area contributed by atoms with Crippen molar-refractivity contribution in [3.8, 4) is 0 Å². The van der Waals surface area contributed by atoms with Gasteiger partial charge in [0, 0.05) is 13.1 Å². The molecule has 1 aromatic heterocycles. The third-order valence-corrected chi connectivity index (χ3v) is 5.91. The Bertz CT molecular complexity index is 640. The van der Waals surface area contributed by atoms with Crippen molar-refractivity contribution >= 4 is 27.3 Å². The van der Waals surface area contributed by atoms with Gasteiger partial charge < -0.3 is 4.90 Å². The number of carbonyl (C=O) groups excluding carboxylic acids is 1. The van der Waals surface area contributed by atoms with E-state index in [1.165, 1.54) is 11.3 Å². The van der Waals surface area contributed by atoms with Crippen LogP contribution in [0.25, 0.3) is 0 Å². The van der Waals surface area contributed by atoms with E-state index in [-0.39, 0.29) is 17.6 Å². The number of aryl methyl sites for hydroxylation is 2. The minimum atomic E-state index is -3.50. The average Bonchev–Trinajstić information content (AvgIpc) is 2.77. The molecule has 22 heavy (non-hydrogen) atoms. The monoisotopic (exact) mass is 345 g/mol. The zero-order valence-electron chi connectivity index (χ0n) is 13.0. The Hall–Kier alpha value is -0.990. The maximum Gasteiger partial charge on any atom is 0.265 e. The molecule has 2 rings (SSSR count). The van der Waals surface area contributed by atoms with Crippen LogP contribution >= 0.6 is 11.3 Å². The summed E-state index contributed by atoms with van der Waals surface area (Å²) in [5.74, 6) is -0.160. The fourth-order valence-electron chi connectivity index (χ4n) is 2.83. The second-order valence-corrected chi connectivity index (χ2v) is 8.60. The number of nitrogens with two attached hydrogens (primary N) is 1. The Morgan fingerprint density at radius 2 is 2.23 bits per heavy atom. The molecule has 1 saturated heterocycles. The van der Waals surface area contributed by atoms with E-state index in [0.717, 1.165) is 36.4 Å². The summed E-state index contributed by atoms with van der Waals surface area (Å²) in [4.78, 5) is 19.5. The van der Waals surface area contributed by atoms with Gasteiger partial charge in [-0.2, -0.15) is 0 Å². The molecular formula is C14H23N3O3S2. The molecule has 1 aromatic rings. The van der Waals surface area contributed by atoms with E-state index in [9.17, 15) is 13.2 Å². The first-order valence-electron chi connectivity index (χ1n) is 7.56. The van der Waals surface area contributed by atoms with E-state index in [2.05, 4.69) is 11.9 Å². The van der Waals surface area contributed by atoms with Crippen molar-refractivity contribution < 1.29 is 13.2 Å². The Balaban J connectivity index is 2.08. The van der Waals surface area contributed by atoms with Crippen LogP contribution < -0.4 is 5.14 Å². The molecule has 1 amide bonds. The van der Waals surface area contributed by atoms with E-state index in [0.29, 0.717) is 18.0 Å². The van der Waals surface area contributed by atoms with Gasteiger partial charge in [-0.25, -0.2) is 18.5 Å². The summed E-state index contributed by atoms with van der Waals surface area (Å²) < 4.78 is 22.5. The highest BCUT2D eigenvalue weighted by Crippen LogP contribution is 2.24. The maximum atomic E-state index is 12.7. The number of thiazole rings is 1. The van der Waals surface area contributed by atoms with Crippen LogP contribution in [0.1, 0.15) is 46.6 Å². The molecule has 0 spiro atoms. The number of hydrogen-bond acceptors (Lipinski definition) is 5. The lowest BCUT2D eigenvalue weighted by Gasteiger charge is -2.32. The van der Waals surface area contributed by atoms with Crippen LogP contribution in [-0.2, 0) is 16.4 Å². The zero-order valence-corrected chi connectivity index (χ0v) is 14.7. The van der Waals surface area contributed by atoms with Crippen LogP contribution in [0.5, 0.6) is 0 Å². The molecule has 1 fully saturated rings. The molecule has 124 valence electrons. The van der Waals surface area contributed by atoms with Crippen LogP contribution in [0.2, 0.25) is 0 Å². The average molecular weight is 345 g/mol. The maximum absolute atomic E-state index is 12.7. The molecule has 2 N–H and O–H groups in total. The van der Waals surface area contributed by atoms with Crippen molar-refractivity contribution in [3.05, 3.63) is 15.6 Å². The molecule has 1 unspecified atom stereocenters.